The van der Waals surface area contributed by atoms with Crippen LogP contribution in [0.1, 0.15) is 124 Å². The Balaban J connectivity index is -0.000000334. The number of aliphatic carboxylic acids is 1. The van der Waals surface area contributed by atoms with Crippen molar-refractivity contribution in [1.29, 1.82) is 0 Å². The molecule has 1 N–H and O–H groups in total. The first kappa shape index (κ1) is 58.2. The molecule has 55 heavy (non-hydrogen) atoms. The van der Waals surface area contributed by atoms with Crippen LogP contribution in [-0.2, 0) is 70.2 Å². The summed E-state index contributed by atoms with van der Waals surface area (Å²) in [5.41, 5.74) is 4.28. The van der Waals surface area contributed by atoms with Crippen LogP contribution in [0.2, 0.25) is 0 Å². The van der Waals surface area contributed by atoms with E-state index >= 15 is 0 Å². The van der Waals surface area contributed by atoms with E-state index in [1.54, 1.807) is 13.8 Å². The molecule has 0 saturated heterocycles. The monoisotopic (exact) mass is 802 g/mol. The first-order valence-electron chi connectivity index (χ1n) is 17.3. The first-order valence-corrected chi connectivity index (χ1v) is 17.3. The topological polar surface area (TPSA) is 209 Å². The van der Waals surface area contributed by atoms with E-state index in [0.29, 0.717) is 11.8 Å². The van der Waals surface area contributed by atoms with E-state index in [-0.39, 0.29) is 63.6 Å². The van der Waals surface area contributed by atoms with Gasteiger partial charge in [-0.1, -0.05) is 76.2 Å². The number of benzene rings is 2. The van der Waals surface area contributed by atoms with E-state index < -0.39 is 54.3 Å². The molecule has 0 radical (unpaired) electrons. The van der Waals surface area contributed by atoms with Gasteiger partial charge in [0.05, 0.1) is 11.8 Å². The van der Waals surface area contributed by atoms with Crippen molar-refractivity contribution in [2.75, 3.05) is 0 Å². The predicted octanol–water partition coefficient (Wildman–Crippen LogP) is 3.01. The molecule has 3 unspecified atom stereocenters. The van der Waals surface area contributed by atoms with Crippen LogP contribution in [0.25, 0.3) is 0 Å². The number of carbonyl (C=O) groups is 7. The maximum atomic E-state index is 12.0. The van der Waals surface area contributed by atoms with Crippen molar-refractivity contribution >= 4 is 42.1 Å². The molecule has 0 amide bonds. The van der Waals surface area contributed by atoms with Gasteiger partial charge in [-0.2, -0.15) is 0 Å². The van der Waals surface area contributed by atoms with E-state index in [2.05, 4.69) is 42.1 Å². The van der Waals surface area contributed by atoms with Crippen LogP contribution >= 0.6 is 0 Å². The second-order valence-electron chi connectivity index (χ2n) is 13.0. The predicted molar refractivity (Wildman–Crippen MR) is 198 cm³/mol. The Hall–Kier alpha value is -3.47. The smallest absolute Gasteiger partial charge is 0.662 e. The average Bonchev–Trinajstić information content (AvgIpc) is 3.03. The Morgan fingerprint density at radius 3 is 1.09 bits per heavy atom. The maximum Gasteiger partial charge on any atom is 1.00 e. The van der Waals surface area contributed by atoms with Crippen molar-refractivity contribution in [3.05, 3.63) is 70.8 Å². The summed E-state index contributed by atoms with van der Waals surface area (Å²) in [6, 6.07) is 15.8. The maximum absolute atomic E-state index is 12.0. The fourth-order valence-electron chi connectivity index (χ4n) is 4.12. The number of ether oxygens (including phenoxy) is 4. The molecule has 0 aromatic heterocycles. The molecule has 0 heterocycles. The van der Waals surface area contributed by atoms with Gasteiger partial charge in [0.2, 0.25) is 12.6 Å². The van der Waals surface area contributed by atoms with Gasteiger partial charge >= 0.3 is 81.2 Å². The van der Waals surface area contributed by atoms with E-state index in [4.69, 9.17) is 24.6 Å². The van der Waals surface area contributed by atoms with Gasteiger partial charge in [-0.05, 0) is 74.6 Å². The molecule has 14 nitrogen and oxygen atoms in total. The summed E-state index contributed by atoms with van der Waals surface area (Å²) >= 11 is 0. The van der Waals surface area contributed by atoms with Gasteiger partial charge in [-0.3, -0.25) is 28.8 Å². The third-order valence-electron chi connectivity index (χ3n) is 6.29. The van der Waals surface area contributed by atoms with Crippen LogP contribution in [0.4, 0.5) is 0 Å². The summed E-state index contributed by atoms with van der Waals surface area (Å²) in [5.74, 6) is -1.99. The molecule has 2 aromatic carbocycles. The molecular formula is C40H59KO14. The van der Waals surface area contributed by atoms with Gasteiger partial charge in [0.1, 0.15) is 5.78 Å². The molecule has 3 atom stereocenters. The third-order valence-corrected chi connectivity index (χ3v) is 6.29. The number of hydrogen-bond donors (Lipinski definition) is 1. The summed E-state index contributed by atoms with van der Waals surface area (Å²) in [7, 11) is 0. The zero-order chi connectivity index (χ0) is 42.6. The largest absolute Gasteiger partial charge is 1.00 e. The van der Waals surface area contributed by atoms with E-state index in [9.17, 15) is 28.8 Å². The minimum Gasteiger partial charge on any atom is -0.662 e. The molecule has 2 aromatic rings. The summed E-state index contributed by atoms with van der Waals surface area (Å²) in [5, 5.41) is 17.3. The Kier molecular flexibility index (Phi) is 35.8. The van der Waals surface area contributed by atoms with Gasteiger partial charge in [0.15, 0.2) is 0 Å². The Morgan fingerprint density at radius 2 is 0.855 bits per heavy atom. The van der Waals surface area contributed by atoms with Crippen LogP contribution in [0, 0.1) is 11.8 Å². The standard InChI is InChI=1S/C17H24O4.C13H18O2.C6H10O4.C3H6O.CH2O3.K/c1-11(2)10-15-6-8-16(9-7-15)12(3)17(19)21-14(5)20-13(4)18;1-9(2)8-11-4-6-12(7-5-11)10(3)13(14)15;1-4(7)9-6(3)10-5(2)8;1-3(2)4;2-1-4-3;/h6-9,11-12,14H,10H2,1-5H3;4-7,9-10H,8H2,1-3H3,(H,14,15);6H,1-3H3;1-2H3;1,3H;/q;;;;;+1/p-1. The number of Topliss-reactive ketones (excluding diaryl/α,β-unsaturated/α-hetero) is 1. The molecule has 0 aliphatic heterocycles. The first-order chi connectivity index (χ1) is 25.0. The fraction of sp³-hybridized carbons (Fsp3) is 0.525. The number of carboxylic acid groups (broad SMARTS) is 1. The molecule has 0 aliphatic carbocycles. The summed E-state index contributed by atoms with van der Waals surface area (Å²) < 4.78 is 18.8. The second-order valence-corrected chi connectivity index (χ2v) is 13.0. The van der Waals surface area contributed by atoms with Crippen LogP contribution in [0.5, 0.6) is 0 Å². The Labute approximate surface area is 368 Å². The van der Waals surface area contributed by atoms with Crippen molar-refractivity contribution in [2.45, 2.75) is 127 Å². The number of rotatable bonds is 13. The molecule has 2 rings (SSSR count). The zero-order valence-electron chi connectivity index (χ0n) is 34.8. The van der Waals surface area contributed by atoms with Crippen LogP contribution < -0.4 is 56.6 Å². The van der Waals surface area contributed by atoms with Crippen LogP contribution in [-0.4, -0.2) is 59.8 Å². The van der Waals surface area contributed by atoms with Crippen molar-refractivity contribution in [3.63, 3.8) is 0 Å². The normalized spacial score (nSPS) is 11.2. The van der Waals surface area contributed by atoms with Crippen molar-refractivity contribution < 1.29 is 119 Å². The van der Waals surface area contributed by atoms with Gasteiger partial charge in [-0.15, -0.1) is 0 Å². The summed E-state index contributed by atoms with van der Waals surface area (Å²) in [4.78, 5) is 74.7. The van der Waals surface area contributed by atoms with E-state index in [1.165, 1.54) is 59.6 Å². The number of carboxylic acids is 1. The van der Waals surface area contributed by atoms with Gasteiger partial charge < -0.3 is 39.0 Å². The molecule has 0 aliphatic rings. The quantitative estimate of drug-likeness (QED) is 0.0772. The minimum atomic E-state index is -0.863. The van der Waals surface area contributed by atoms with Crippen molar-refractivity contribution in [2.24, 2.45) is 11.8 Å². The zero-order valence-corrected chi connectivity index (χ0v) is 38.0. The molecule has 15 heteroatoms. The summed E-state index contributed by atoms with van der Waals surface area (Å²) in [6.07, 6.45) is 0.414. The van der Waals surface area contributed by atoms with Gasteiger partial charge in [0.25, 0.3) is 6.47 Å². The second kappa shape index (κ2) is 33.8. The Morgan fingerprint density at radius 1 is 0.582 bits per heavy atom. The van der Waals surface area contributed by atoms with E-state index in [1.807, 2.05) is 48.5 Å². The number of carbonyl (C=O) groups excluding carboxylic acids is 6. The van der Waals surface area contributed by atoms with Crippen molar-refractivity contribution in [3.8, 4) is 0 Å². The molecular weight excluding hydrogens is 744 g/mol. The van der Waals surface area contributed by atoms with Crippen LogP contribution in [0.15, 0.2) is 48.5 Å². The van der Waals surface area contributed by atoms with Crippen molar-refractivity contribution in [1.82, 2.24) is 0 Å². The average molecular weight is 803 g/mol. The summed E-state index contributed by atoms with van der Waals surface area (Å²) in [6.45, 7) is 21.8. The third kappa shape index (κ3) is 36.0. The molecule has 0 spiro atoms. The van der Waals surface area contributed by atoms with Gasteiger partial charge in [0, 0.05) is 34.6 Å². The molecule has 0 saturated carbocycles. The SMILES string of the molecule is CC(=O)OC(C)OC(=O)C(C)c1ccc(CC(C)C)cc1.CC(=O)OC(C)OC(C)=O.CC(C)=O.CC(C)Cc1ccc(C(C)C(=O)O)cc1.O=CO[O-].[K+]. The molecule has 0 bridgehead atoms. The van der Waals surface area contributed by atoms with E-state index in [0.717, 1.165) is 24.0 Å². The fourth-order valence-corrected chi connectivity index (χ4v) is 4.12. The Bertz CT molecular complexity index is 1390. The number of ketones is 1. The minimum absolute atomic E-state index is 0. The van der Waals surface area contributed by atoms with Crippen LogP contribution in [0.3, 0.4) is 0 Å². The van der Waals surface area contributed by atoms with Gasteiger partial charge in [-0.25, -0.2) is 0 Å². The number of esters is 4. The molecule has 304 valence electrons. The molecule has 0 fully saturated rings. The number of hydrogen-bond acceptors (Lipinski definition) is 13.